The largest absolute Gasteiger partial charge is 0.444 e. The van der Waals surface area contributed by atoms with Crippen LogP contribution in [0.15, 0.2) is 18.2 Å². The van der Waals surface area contributed by atoms with E-state index in [-0.39, 0.29) is 11.6 Å². The molecule has 0 unspecified atom stereocenters. The highest BCUT2D eigenvalue weighted by Crippen LogP contribution is 2.32. The van der Waals surface area contributed by atoms with Crippen LogP contribution in [-0.4, -0.2) is 47.8 Å². The predicted molar refractivity (Wildman–Crippen MR) is 116 cm³/mol. The molecule has 1 aromatic rings. The number of rotatable bonds is 3. The maximum Gasteiger partial charge on any atom is 0.410 e. The van der Waals surface area contributed by atoms with Gasteiger partial charge in [0.1, 0.15) is 5.60 Å². The Morgan fingerprint density at radius 2 is 1.89 bits per heavy atom. The lowest BCUT2D eigenvalue weighted by atomic mass is 9.98. The lowest BCUT2D eigenvalue weighted by Crippen LogP contribution is -2.61. The Labute approximate surface area is 169 Å². The SMILES string of the molecule is CC(C)(C)OC(=O)N1CCN(c2ccc(N)c(NC3CCCC3)c2)CC1(C)C. The van der Waals surface area contributed by atoms with Crippen LogP contribution in [0, 0.1) is 0 Å². The Kier molecular flexibility index (Phi) is 5.69. The molecule has 6 heteroatoms. The third-order valence-corrected chi connectivity index (χ3v) is 5.63. The average Bonchev–Trinajstić information content (AvgIpc) is 3.07. The second-order valence-electron chi connectivity index (χ2n) is 9.76. The highest BCUT2D eigenvalue weighted by Gasteiger charge is 2.39. The number of carbonyl (C=O) groups excluding carboxylic acids is 1. The number of hydrogen-bond acceptors (Lipinski definition) is 5. The van der Waals surface area contributed by atoms with Gasteiger partial charge in [0.25, 0.3) is 0 Å². The van der Waals surface area contributed by atoms with Crippen molar-refractivity contribution in [1.82, 2.24) is 4.90 Å². The Morgan fingerprint density at radius 1 is 1.21 bits per heavy atom. The standard InChI is InChI=1S/C22H36N4O2/c1-21(2,3)28-20(27)26-13-12-25(15-22(26,4)5)17-10-11-18(23)19(14-17)24-16-8-6-7-9-16/h10-11,14,16,24H,6-9,12-13,15,23H2,1-5H3. The molecule has 2 fully saturated rings. The number of ether oxygens (including phenoxy) is 1. The molecule has 1 aliphatic carbocycles. The van der Waals surface area contributed by atoms with Gasteiger partial charge in [-0.05, 0) is 65.7 Å². The molecular formula is C22H36N4O2. The summed E-state index contributed by atoms with van der Waals surface area (Å²) in [7, 11) is 0. The highest BCUT2D eigenvalue weighted by molar-refractivity contribution is 5.73. The second-order valence-corrected chi connectivity index (χ2v) is 9.76. The fourth-order valence-corrected chi connectivity index (χ4v) is 4.19. The maximum atomic E-state index is 12.6. The van der Waals surface area contributed by atoms with E-state index in [4.69, 9.17) is 10.5 Å². The number of nitrogens with two attached hydrogens (primary N) is 1. The Hall–Kier alpha value is -2.11. The first kappa shape index (κ1) is 20.6. The predicted octanol–water partition coefficient (Wildman–Crippen LogP) is 4.46. The molecule has 0 aromatic heterocycles. The minimum Gasteiger partial charge on any atom is -0.444 e. The molecule has 0 atom stereocenters. The van der Waals surface area contributed by atoms with Crippen LogP contribution in [0.4, 0.5) is 21.9 Å². The summed E-state index contributed by atoms with van der Waals surface area (Å²) in [4.78, 5) is 16.8. The van der Waals surface area contributed by atoms with Crippen molar-refractivity contribution in [2.45, 2.75) is 77.5 Å². The van der Waals surface area contributed by atoms with Crippen LogP contribution in [0.1, 0.15) is 60.3 Å². The fourth-order valence-electron chi connectivity index (χ4n) is 4.19. The summed E-state index contributed by atoms with van der Waals surface area (Å²) in [6.45, 7) is 12.1. The van der Waals surface area contributed by atoms with Crippen LogP contribution >= 0.6 is 0 Å². The van der Waals surface area contributed by atoms with Gasteiger partial charge in [0.2, 0.25) is 0 Å². The lowest BCUT2D eigenvalue weighted by molar-refractivity contribution is 0.000379. The number of piperazine rings is 1. The van der Waals surface area contributed by atoms with Gasteiger partial charge in [-0.25, -0.2) is 4.79 Å². The Bertz CT molecular complexity index is 705. The van der Waals surface area contributed by atoms with Gasteiger partial charge in [-0.2, -0.15) is 0 Å². The number of nitrogen functional groups attached to an aromatic ring is 1. The van der Waals surface area contributed by atoms with Crippen molar-refractivity contribution in [3.8, 4) is 0 Å². The van der Waals surface area contributed by atoms with E-state index in [1.54, 1.807) is 0 Å². The van der Waals surface area contributed by atoms with E-state index in [1.165, 1.54) is 25.7 Å². The molecule has 1 saturated carbocycles. The smallest absolute Gasteiger partial charge is 0.410 e. The van der Waals surface area contributed by atoms with Crippen LogP contribution in [0.5, 0.6) is 0 Å². The molecule has 3 rings (SSSR count). The van der Waals surface area contributed by atoms with Crippen molar-refractivity contribution < 1.29 is 9.53 Å². The molecular weight excluding hydrogens is 352 g/mol. The van der Waals surface area contributed by atoms with Crippen LogP contribution in [0.3, 0.4) is 0 Å². The van der Waals surface area contributed by atoms with E-state index in [9.17, 15) is 4.79 Å². The summed E-state index contributed by atoms with van der Waals surface area (Å²) in [6.07, 6.45) is 4.77. The molecule has 156 valence electrons. The molecule has 1 heterocycles. The molecule has 1 amide bonds. The zero-order chi connectivity index (χ0) is 20.5. The van der Waals surface area contributed by atoms with Crippen molar-refractivity contribution in [2.75, 3.05) is 35.6 Å². The highest BCUT2D eigenvalue weighted by atomic mass is 16.6. The molecule has 0 bridgehead atoms. The Balaban J connectivity index is 1.71. The average molecular weight is 389 g/mol. The van der Waals surface area contributed by atoms with Crippen LogP contribution in [-0.2, 0) is 4.74 Å². The number of amides is 1. The molecule has 28 heavy (non-hydrogen) atoms. The minimum absolute atomic E-state index is 0.238. The second kappa shape index (κ2) is 7.72. The quantitative estimate of drug-likeness (QED) is 0.748. The first-order chi connectivity index (χ1) is 13.0. The van der Waals surface area contributed by atoms with E-state index in [1.807, 2.05) is 31.7 Å². The molecule has 1 aromatic carbocycles. The van der Waals surface area contributed by atoms with Crippen molar-refractivity contribution in [3.63, 3.8) is 0 Å². The van der Waals surface area contributed by atoms with E-state index < -0.39 is 5.60 Å². The number of nitrogens with one attached hydrogen (secondary N) is 1. The zero-order valence-electron chi connectivity index (χ0n) is 18.0. The Morgan fingerprint density at radius 3 is 2.50 bits per heavy atom. The number of benzene rings is 1. The lowest BCUT2D eigenvalue weighted by Gasteiger charge is -2.47. The summed E-state index contributed by atoms with van der Waals surface area (Å²) in [5, 5.41) is 3.63. The van der Waals surface area contributed by atoms with Gasteiger partial charge in [-0.15, -0.1) is 0 Å². The number of anilines is 3. The molecule has 0 spiro atoms. The van der Waals surface area contributed by atoms with Gasteiger partial charge < -0.3 is 20.7 Å². The van der Waals surface area contributed by atoms with Gasteiger partial charge in [0.15, 0.2) is 0 Å². The molecule has 2 aliphatic rings. The van der Waals surface area contributed by atoms with Crippen molar-refractivity contribution in [1.29, 1.82) is 0 Å². The van der Waals surface area contributed by atoms with Crippen molar-refractivity contribution in [3.05, 3.63) is 18.2 Å². The van der Waals surface area contributed by atoms with Crippen LogP contribution in [0.25, 0.3) is 0 Å². The van der Waals surface area contributed by atoms with E-state index in [2.05, 4.69) is 36.2 Å². The summed E-state index contributed by atoms with van der Waals surface area (Å²) < 4.78 is 5.60. The third kappa shape index (κ3) is 4.83. The summed E-state index contributed by atoms with van der Waals surface area (Å²) in [5.74, 6) is 0. The van der Waals surface area contributed by atoms with E-state index >= 15 is 0 Å². The van der Waals surface area contributed by atoms with Gasteiger partial charge in [-0.3, -0.25) is 4.90 Å². The van der Waals surface area contributed by atoms with Gasteiger partial charge in [0.05, 0.1) is 16.9 Å². The van der Waals surface area contributed by atoms with Gasteiger partial charge in [0, 0.05) is 31.4 Å². The van der Waals surface area contributed by atoms with Gasteiger partial charge in [-0.1, -0.05) is 12.8 Å². The molecule has 0 radical (unpaired) electrons. The normalized spacial score (nSPS) is 20.3. The summed E-state index contributed by atoms with van der Waals surface area (Å²) in [6, 6.07) is 6.75. The number of nitrogens with zero attached hydrogens (tertiary/aromatic N) is 2. The molecule has 1 aliphatic heterocycles. The maximum absolute atomic E-state index is 12.6. The monoisotopic (exact) mass is 388 g/mol. The number of hydrogen-bond donors (Lipinski definition) is 2. The topological polar surface area (TPSA) is 70.8 Å². The summed E-state index contributed by atoms with van der Waals surface area (Å²) >= 11 is 0. The fraction of sp³-hybridized carbons (Fsp3) is 0.682. The zero-order valence-corrected chi connectivity index (χ0v) is 18.0. The number of carbonyl (C=O) groups is 1. The van der Waals surface area contributed by atoms with Crippen LogP contribution in [0.2, 0.25) is 0 Å². The van der Waals surface area contributed by atoms with Crippen molar-refractivity contribution in [2.24, 2.45) is 0 Å². The third-order valence-electron chi connectivity index (χ3n) is 5.63. The van der Waals surface area contributed by atoms with E-state index in [0.29, 0.717) is 12.6 Å². The first-order valence-electron chi connectivity index (χ1n) is 10.5. The van der Waals surface area contributed by atoms with Crippen LogP contribution < -0.4 is 16.0 Å². The molecule has 6 nitrogen and oxygen atoms in total. The summed E-state index contributed by atoms with van der Waals surface area (Å²) in [5.41, 5.74) is 8.38. The minimum atomic E-state index is -0.484. The molecule has 1 saturated heterocycles. The first-order valence-corrected chi connectivity index (χ1v) is 10.5. The van der Waals surface area contributed by atoms with Crippen molar-refractivity contribution >= 4 is 23.2 Å². The van der Waals surface area contributed by atoms with E-state index in [0.717, 1.165) is 30.2 Å². The molecule has 3 N–H and O–H groups in total. The van der Waals surface area contributed by atoms with Gasteiger partial charge >= 0.3 is 6.09 Å².